The SMILES string of the molecule is Nc1ccc(N2CCN(Cc3ccc(Br)cc3)CC2)cn1. The normalized spacial score (nSPS) is 16.1. The second-order valence-corrected chi connectivity index (χ2v) is 6.25. The van der Waals surface area contributed by atoms with Crippen molar-refractivity contribution in [3.8, 4) is 0 Å². The molecule has 1 fully saturated rings. The number of nitrogen functional groups attached to an aromatic ring is 1. The zero-order chi connectivity index (χ0) is 14.7. The Labute approximate surface area is 133 Å². The molecule has 1 saturated heterocycles. The molecule has 0 saturated carbocycles. The molecule has 2 N–H and O–H groups in total. The Hall–Kier alpha value is -1.59. The number of piperazine rings is 1. The minimum atomic E-state index is 0.577. The first-order valence-corrected chi connectivity index (χ1v) is 7.93. The smallest absolute Gasteiger partial charge is 0.123 e. The molecule has 2 heterocycles. The van der Waals surface area contributed by atoms with Crippen LogP contribution in [0.25, 0.3) is 0 Å². The lowest BCUT2D eigenvalue weighted by molar-refractivity contribution is 0.250. The molecule has 21 heavy (non-hydrogen) atoms. The van der Waals surface area contributed by atoms with E-state index in [-0.39, 0.29) is 0 Å². The van der Waals surface area contributed by atoms with Gasteiger partial charge < -0.3 is 10.6 Å². The number of hydrogen-bond acceptors (Lipinski definition) is 4. The highest BCUT2D eigenvalue weighted by Crippen LogP contribution is 2.18. The molecule has 110 valence electrons. The van der Waals surface area contributed by atoms with Crippen molar-refractivity contribution in [1.29, 1.82) is 0 Å². The Kier molecular flexibility index (Phi) is 4.41. The molecule has 0 atom stereocenters. The topological polar surface area (TPSA) is 45.4 Å². The van der Waals surface area contributed by atoms with Gasteiger partial charge in [-0.3, -0.25) is 4.90 Å². The first-order chi connectivity index (χ1) is 10.2. The van der Waals surface area contributed by atoms with E-state index in [1.807, 2.05) is 18.3 Å². The molecule has 5 heteroatoms. The quantitative estimate of drug-likeness (QED) is 0.928. The van der Waals surface area contributed by atoms with Gasteiger partial charge in [0.15, 0.2) is 0 Å². The van der Waals surface area contributed by atoms with Crippen molar-refractivity contribution < 1.29 is 0 Å². The van der Waals surface area contributed by atoms with Crippen LogP contribution in [-0.2, 0) is 6.54 Å². The molecule has 2 aromatic rings. The number of rotatable bonds is 3. The maximum Gasteiger partial charge on any atom is 0.123 e. The predicted octanol–water partition coefficient (Wildman–Crippen LogP) is 2.75. The molecule has 0 spiro atoms. The highest BCUT2D eigenvalue weighted by atomic mass is 79.9. The Bertz CT molecular complexity index is 574. The van der Waals surface area contributed by atoms with Gasteiger partial charge >= 0.3 is 0 Å². The van der Waals surface area contributed by atoms with Crippen molar-refractivity contribution in [1.82, 2.24) is 9.88 Å². The van der Waals surface area contributed by atoms with Crippen LogP contribution < -0.4 is 10.6 Å². The number of nitrogens with two attached hydrogens (primary N) is 1. The van der Waals surface area contributed by atoms with Gasteiger partial charge in [-0.15, -0.1) is 0 Å². The van der Waals surface area contributed by atoms with Gasteiger partial charge in [-0.05, 0) is 29.8 Å². The van der Waals surface area contributed by atoms with Crippen molar-refractivity contribution in [3.05, 3.63) is 52.6 Å². The van der Waals surface area contributed by atoms with Crippen molar-refractivity contribution in [3.63, 3.8) is 0 Å². The Morgan fingerprint density at radius 3 is 2.33 bits per heavy atom. The van der Waals surface area contributed by atoms with Crippen LogP contribution >= 0.6 is 15.9 Å². The highest BCUT2D eigenvalue weighted by Gasteiger charge is 2.17. The fourth-order valence-corrected chi connectivity index (χ4v) is 2.86. The average molecular weight is 347 g/mol. The molecule has 0 radical (unpaired) electrons. The van der Waals surface area contributed by atoms with Gasteiger partial charge in [0.2, 0.25) is 0 Å². The summed E-state index contributed by atoms with van der Waals surface area (Å²) in [7, 11) is 0. The lowest BCUT2D eigenvalue weighted by Gasteiger charge is -2.36. The van der Waals surface area contributed by atoms with Crippen molar-refractivity contribution >= 4 is 27.4 Å². The summed E-state index contributed by atoms with van der Waals surface area (Å²) >= 11 is 3.47. The fourth-order valence-electron chi connectivity index (χ4n) is 2.60. The van der Waals surface area contributed by atoms with E-state index in [1.54, 1.807) is 0 Å². The maximum atomic E-state index is 5.63. The van der Waals surface area contributed by atoms with Gasteiger partial charge in [0, 0.05) is 37.2 Å². The summed E-state index contributed by atoms with van der Waals surface area (Å²) in [5, 5.41) is 0. The average Bonchev–Trinajstić information content (AvgIpc) is 2.51. The monoisotopic (exact) mass is 346 g/mol. The molecule has 1 aromatic heterocycles. The van der Waals surface area contributed by atoms with Crippen LogP contribution in [0.4, 0.5) is 11.5 Å². The van der Waals surface area contributed by atoms with Gasteiger partial charge in [-0.25, -0.2) is 4.98 Å². The number of aromatic nitrogens is 1. The van der Waals surface area contributed by atoms with E-state index in [2.05, 4.69) is 55.0 Å². The van der Waals surface area contributed by atoms with Gasteiger partial charge in [-0.1, -0.05) is 28.1 Å². The van der Waals surface area contributed by atoms with E-state index in [0.717, 1.165) is 42.9 Å². The standard InChI is InChI=1S/C16H19BrN4/c17-14-3-1-13(2-4-14)12-20-7-9-21(10-8-20)15-5-6-16(18)19-11-15/h1-6,11H,7-10,12H2,(H2,18,19). The summed E-state index contributed by atoms with van der Waals surface area (Å²) < 4.78 is 1.13. The number of hydrogen-bond donors (Lipinski definition) is 1. The van der Waals surface area contributed by atoms with Crippen LogP contribution in [0.5, 0.6) is 0 Å². The summed E-state index contributed by atoms with van der Waals surface area (Å²) in [5.41, 5.74) is 8.16. The molecule has 0 bridgehead atoms. The molecular formula is C16H19BrN4. The second kappa shape index (κ2) is 6.45. The molecule has 0 aliphatic carbocycles. The largest absolute Gasteiger partial charge is 0.384 e. The zero-order valence-corrected chi connectivity index (χ0v) is 13.5. The van der Waals surface area contributed by atoms with Gasteiger partial charge in [0.1, 0.15) is 5.82 Å². The lowest BCUT2D eigenvalue weighted by atomic mass is 10.2. The number of nitrogens with zero attached hydrogens (tertiary/aromatic N) is 3. The van der Waals surface area contributed by atoms with Crippen molar-refractivity contribution in [2.24, 2.45) is 0 Å². The first kappa shape index (κ1) is 14.4. The van der Waals surface area contributed by atoms with E-state index >= 15 is 0 Å². The summed E-state index contributed by atoms with van der Waals surface area (Å²) in [6, 6.07) is 12.5. The molecular weight excluding hydrogens is 328 g/mol. The van der Waals surface area contributed by atoms with Gasteiger partial charge in [0.05, 0.1) is 11.9 Å². The van der Waals surface area contributed by atoms with Crippen LogP contribution in [0.3, 0.4) is 0 Å². The van der Waals surface area contributed by atoms with Gasteiger partial charge in [0.25, 0.3) is 0 Å². The number of anilines is 2. The lowest BCUT2D eigenvalue weighted by Crippen LogP contribution is -2.46. The Balaban J connectivity index is 1.55. The van der Waals surface area contributed by atoms with E-state index in [4.69, 9.17) is 5.73 Å². The van der Waals surface area contributed by atoms with Crippen molar-refractivity contribution in [2.45, 2.75) is 6.54 Å². The third-order valence-electron chi connectivity index (χ3n) is 3.83. The summed E-state index contributed by atoms with van der Waals surface area (Å²) in [6.45, 7) is 5.21. The van der Waals surface area contributed by atoms with Crippen LogP contribution in [0.2, 0.25) is 0 Å². The predicted molar refractivity (Wildman–Crippen MR) is 90.3 cm³/mol. The minimum Gasteiger partial charge on any atom is -0.384 e. The first-order valence-electron chi connectivity index (χ1n) is 7.14. The van der Waals surface area contributed by atoms with Crippen LogP contribution in [-0.4, -0.2) is 36.1 Å². The Morgan fingerprint density at radius 1 is 1.00 bits per heavy atom. The molecule has 1 aromatic carbocycles. The summed E-state index contributed by atoms with van der Waals surface area (Å²) in [6.07, 6.45) is 1.86. The van der Waals surface area contributed by atoms with E-state index in [9.17, 15) is 0 Å². The molecule has 3 rings (SSSR count). The Morgan fingerprint density at radius 2 is 1.71 bits per heavy atom. The molecule has 0 amide bonds. The zero-order valence-electron chi connectivity index (χ0n) is 11.9. The van der Waals surface area contributed by atoms with E-state index in [0.29, 0.717) is 5.82 Å². The molecule has 4 nitrogen and oxygen atoms in total. The van der Waals surface area contributed by atoms with Crippen LogP contribution in [0.1, 0.15) is 5.56 Å². The molecule has 1 aliphatic heterocycles. The number of pyridine rings is 1. The van der Waals surface area contributed by atoms with Crippen LogP contribution in [0.15, 0.2) is 47.1 Å². The highest BCUT2D eigenvalue weighted by molar-refractivity contribution is 9.10. The number of benzene rings is 1. The van der Waals surface area contributed by atoms with Crippen molar-refractivity contribution in [2.75, 3.05) is 36.8 Å². The second-order valence-electron chi connectivity index (χ2n) is 5.33. The maximum absolute atomic E-state index is 5.63. The molecule has 1 aliphatic rings. The third-order valence-corrected chi connectivity index (χ3v) is 4.36. The fraction of sp³-hybridized carbons (Fsp3) is 0.312. The summed E-state index contributed by atoms with van der Waals surface area (Å²) in [4.78, 5) is 9.02. The van der Waals surface area contributed by atoms with Gasteiger partial charge in [-0.2, -0.15) is 0 Å². The van der Waals surface area contributed by atoms with E-state index in [1.165, 1.54) is 5.56 Å². The number of halogens is 1. The summed E-state index contributed by atoms with van der Waals surface area (Å²) in [5.74, 6) is 0.577. The van der Waals surface area contributed by atoms with Crippen LogP contribution in [0, 0.1) is 0 Å². The minimum absolute atomic E-state index is 0.577. The van der Waals surface area contributed by atoms with E-state index < -0.39 is 0 Å². The molecule has 0 unspecified atom stereocenters. The third kappa shape index (κ3) is 3.74.